The number of hydrogen-bond acceptors (Lipinski definition) is 4. The Morgan fingerprint density at radius 1 is 0.926 bits per heavy atom. The summed E-state index contributed by atoms with van der Waals surface area (Å²) in [6, 6.07) is 17.5. The van der Waals surface area contributed by atoms with Crippen molar-refractivity contribution in [1.29, 1.82) is 0 Å². The second kappa shape index (κ2) is 8.35. The molecule has 140 valence electrons. The van der Waals surface area contributed by atoms with E-state index < -0.39 is 0 Å². The molecule has 3 aromatic rings. The van der Waals surface area contributed by atoms with E-state index >= 15 is 0 Å². The van der Waals surface area contributed by atoms with Gasteiger partial charge in [-0.25, -0.2) is 0 Å². The van der Waals surface area contributed by atoms with Gasteiger partial charge in [0.05, 0.1) is 18.7 Å². The number of phenolic OH excluding ortho intramolecular Hbond substituents is 1. The Hall–Kier alpha value is -2.66. The monoisotopic (exact) mass is 428 g/mol. The van der Waals surface area contributed by atoms with Crippen molar-refractivity contribution in [3.05, 3.63) is 70.2 Å². The normalized spacial score (nSPS) is 10.5. The Bertz CT molecular complexity index is 939. The number of phenols is 1. The van der Waals surface area contributed by atoms with Gasteiger partial charge < -0.3 is 19.3 Å². The van der Waals surface area contributed by atoms with E-state index in [-0.39, 0.29) is 5.75 Å². The van der Waals surface area contributed by atoms with Crippen LogP contribution < -0.4 is 14.2 Å². The highest BCUT2D eigenvalue weighted by Crippen LogP contribution is 2.45. The average Bonchev–Trinajstić information content (AvgIpc) is 2.67. The van der Waals surface area contributed by atoms with Gasteiger partial charge in [0.25, 0.3) is 0 Å². The highest BCUT2D eigenvalue weighted by atomic mass is 79.9. The molecule has 3 rings (SSSR count). The minimum Gasteiger partial charge on any atom is -0.504 e. The lowest BCUT2D eigenvalue weighted by Crippen LogP contribution is -1.98. The Morgan fingerprint density at radius 2 is 1.67 bits per heavy atom. The van der Waals surface area contributed by atoms with Crippen molar-refractivity contribution in [3.8, 4) is 34.1 Å². The van der Waals surface area contributed by atoms with Crippen LogP contribution in [0.3, 0.4) is 0 Å². The fourth-order valence-electron chi connectivity index (χ4n) is 2.98. The first-order chi connectivity index (χ1) is 13.0. The average molecular weight is 429 g/mol. The fraction of sp³-hybridized carbons (Fsp3) is 0.182. The summed E-state index contributed by atoms with van der Waals surface area (Å²) in [6.45, 7) is 2.39. The van der Waals surface area contributed by atoms with E-state index in [4.69, 9.17) is 14.2 Å². The summed E-state index contributed by atoms with van der Waals surface area (Å²) < 4.78 is 17.4. The van der Waals surface area contributed by atoms with Crippen molar-refractivity contribution in [2.75, 3.05) is 14.2 Å². The lowest BCUT2D eigenvalue weighted by atomic mass is 9.98. The standard InChI is InChI=1S/C22H21BrO4/c1-14-11-17(23)22(26-3)21(24)20(14)16-9-10-18(19(12-16)25-2)27-13-15-7-5-4-6-8-15/h4-12,24H,13H2,1-3H3. The van der Waals surface area contributed by atoms with E-state index in [2.05, 4.69) is 15.9 Å². The van der Waals surface area contributed by atoms with E-state index in [0.29, 0.717) is 33.9 Å². The van der Waals surface area contributed by atoms with Gasteiger partial charge in [0.2, 0.25) is 0 Å². The minimum absolute atomic E-state index is 0.0874. The molecule has 0 atom stereocenters. The predicted octanol–water partition coefficient (Wildman–Crippen LogP) is 5.73. The Kier molecular flexibility index (Phi) is 5.91. The summed E-state index contributed by atoms with van der Waals surface area (Å²) >= 11 is 3.42. The molecule has 0 aliphatic carbocycles. The summed E-state index contributed by atoms with van der Waals surface area (Å²) in [7, 11) is 3.13. The lowest BCUT2D eigenvalue weighted by molar-refractivity contribution is 0.284. The highest BCUT2D eigenvalue weighted by molar-refractivity contribution is 9.10. The van der Waals surface area contributed by atoms with Gasteiger partial charge in [-0.05, 0) is 57.7 Å². The van der Waals surface area contributed by atoms with E-state index in [0.717, 1.165) is 16.7 Å². The molecule has 0 amide bonds. The molecule has 0 fully saturated rings. The van der Waals surface area contributed by atoms with Crippen LogP contribution in [0, 0.1) is 6.92 Å². The molecule has 0 saturated heterocycles. The van der Waals surface area contributed by atoms with Gasteiger partial charge in [-0.3, -0.25) is 0 Å². The topological polar surface area (TPSA) is 47.9 Å². The van der Waals surface area contributed by atoms with E-state index in [1.165, 1.54) is 7.11 Å². The molecule has 0 heterocycles. The molecule has 0 saturated carbocycles. The smallest absolute Gasteiger partial charge is 0.175 e. The molecule has 0 bridgehead atoms. The maximum absolute atomic E-state index is 10.7. The van der Waals surface area contributed by atoms with Crippen LogP contribution >= 0.6 is 15.9 Å². The number of aromatic hydroxyl groups is 1. The molecule has 27 heavy (non-hydrogen) atoms. The number of halogens is 1. The molecule has 5 heteroatoms. The molecule has 0 aliphatic rings. The lowest BCUT2D eigenvalue weighted by Gasteiger charge is -2.16. The largest absolute Gasteiger partial charge is 0.504 e. The van der Waals surface area contributed by atoms with Crippen LogP contribution in [0.1, 0.15) is 11.1 Å². The molecule has 0 unspecified atom stereocenters. The summed E-state index contributed by atoms with van der Waals surface area (Å²) in [6.07, 6.45) is 0. The molecule has 0 aliphatic heterocycles. The zero-order valence-electron chi connectivity index (χ0n) is 15.5. The van der Waals surface area contributed by atoms with E-state index in [1.54, 1.807) is 7.11 Å². The van der Waals surface area contributed by atoms with Gasteiger partial charge in [0.15, 0.2) is 23.0 Å². The summed E-state index contributed by atoms with van der Waals surface area (Å²) in [5, 5.41) is 10.7. The predicted molar refractivity (Wildman–Crippen MR) is 110 cm³/mol. The number of methoxy groups -OCH3 is 2. The van der Waals surface area contributed by atoms with E-state index in [1.807, 2.05) is 61.5 Å². The van der Waals surface area contributed by atoms with Gasteiger partial charge in [0, 0.05) is 5.56 Å². The molecule has 1 N–H and O–H groups in total. The maximum Gasteiger partial charge on any atom is 0.175 e. The molecule has 0 aromatic heterocycles. The van der Waals surface area contributed by atoms with E-state index in [9.17, 15) is 5.11 Å². The van der Waals surface area contributed by atoms with Crippen LogP contribution in [-0.4, -0.2) is 19.3 Å². The number of rotatable bonds is 6. The molecule has 0 radical (unpaired) electrons. The number of aryl methyl sites for hydroxylation is 1. The zero-order chi connectivity index (χ0) is 19.4. The summed E-state index contributed by atoms with van der Waals surface area (Å²) in [4.78, 5) is 0. The van der Waals surface area contributed by atoms with Crippen LogP contribution in [0.2, 0.25) is 0 Å². The molecular weight excluding hydrogens is 408 g/mol. The second-order valence-corrected chi connectivity index (χ2v) is 6.93. The number of hydrogen-bond donors (Lipinski definition) is 1. The van der Waals surface area contributed by atoms with Crippen molar-refractivity contribution in [2.45, 2.75) is 13.5 Å². The van der Waals surface area contributed by atoms with Crippen LogP contribution in [0.4, 0.5) is 0 Å². The fourth-order valence-corrected chi connectivity index (χ4v) is 3.67. The highest BCUT2D eigenvalue weighted by Gasteiger charge is 2.18. The number of ether oxygens (including phenoxy) is 3. The van der Waals surface area contributed by atoms with Crippen molar-refractivity contribution in [2.24, 2.45) is 0 Å². The first-order valence-electron chi connectivity index (χ1n) is 8.46. The van der Waals surface area contributed by atoms with Gasteiger partial charge in [-0.1, -0.05) is 36.4 Å². The summed E-state index contributed by atoms with van der Waals surface area (Å²) in [5.41, 5.74) is 3.51. The van der Waals surface area contributed by atoms with Crippen molar-refractivity contribution in [3.63, 3.8) is 0 Å². The molecule has 3 aromatic carbocycles. The SMILES string of the molecule is COc1cc(-c2c(C)cc(Br)c(OC)c2O)ccc1OCc1ccccc1. The Labute approximate surface area is 167 Å². The number of benzene rings is 3. The third-order valence-corrected chi connectivity index (χ3v) is 4.89. The van der Waals surface area contributed by atoms with Crippen LogP contribution in [0.25, 0.3) is 11.1 Å². The quantitative estimate of drug-likeness (QED) is 0.544. The first kappa shape index (κ1) is 19.1. The van der Waals surface area contributed by atoms with Crippen molar-refractivity contribution < 1.29 is 19.3 Å². The summed E-state index contributed by atoms with van der Waals surface area (Å²) in [5.74, 6) is 1.73. The maximum atomic E-state index is 10.7. The minimum atomic E-state index is 0.0874. The van der Waals surface area contributed by atoms with Gasteiger partial charge >= 0.3 is 0 Å². The van der Waals surface area contributed by atoms with Crippen LogP contribution in [-0.2, 0) is 6.61 Å². The van der Waals surface area contributed by atoms with Gasteiger partial charge in [-0.15, -0.1) is 0 Å². The first-order valence-corrected chi connectivity index (χ1v) is 9.25. The third kappa shape index (κ3) is 4.03. The third-order valence-electron chi connectivity index (χ3n) is 4.30. The van der Waals surface area contributed by atoms with Crippen LogP contribution in [0.15, 0.2) is 59.1 Å². The Morgan fingerprint density at radius 3 is 2.33 bits per heavy atom. The zero-order valence-corrected chi connectivity index (χ0v) is 17.0. The van der Waals surface area contributed by atoms with Gasteiger partial charge in [-0.2, -0.15) is 0 Å². The second-order valence-electron chi connectivity index (χ2n) is 6.07. The Balaban J connectivity index is 1.95. The molecular formula is C22H21BrO4. The molecule has 0 spiro atoms. The van der Waals surface area contributed by atoms with Crippen molar-refractivity contribution >= 4 is 15.9 Å². The van der Waals surface area contributed by atoms with Crippen LogP contribution in [0.5, 0.6) is 23.0 Å². The van der Waals surface area contributed by atoms with Gasteiger partial charge in [0.1, 0.15) is 6.61 Å². The van der Waals surface area contributed by atoms with Crippen molar-refractivity contribution in [1.82, 2.24) is 0 Å². The molecule has 4 nitrogen and oxygen atoms in total.